The second kappa shape index (κ2) is 5.95. The molecule has 0 heterocycles. The van der Waals surface area contributed by atoms with Crippen LogP contribution in [-0.2, 0) is 4.74 Å². The maximum atomic E-state index is 8.64. The molecular weight excluding hydrogens is 222 g/mol. The van der Waals surface area contributed by atoms with Gasteiger partial charge in [0.1, 0.15) is 6.10 Å². The second-order valence-electron chi connectivity index (χ2n) is 6.83. The summed E-state index contributed by atoms with van der Waals surface area (Å²) in [7, 11) is 0. The van der Waals surface area contributed by atoms with Gasteiger partial charge in [0, 0.05) is 0 Å². The molecule has 0 aliphatic heterocycles. The maximum Gasteiger partial charge on any atom is 0.286 e. The van der Waals surface area contributed by atoms with Crippen molar-refractivity contribution in [3.05, 3.63) is 0 Å². The van der Waals surface area contributed by atoms with Gasteiger partial charge >= 0.3 is 0 Å². The van der Waals surface area contributed by atoms with E-state index in [4.69, 9.17) is 10.00 Å². The first-order valence-electron chi connectivity index (χ1n) is 7.66. The number of hydrogen-bond acceptors (Lipinski definition) is 2. The molecule has 2 aliphatic rings. The van der Waals surface area contributed by atoms with Crippen molar-refractivity contribution in [3.8, 4) is 6.26 Å². The third-order valence-electron chi connectivity index (χ3n) is 5.64. The van der Waals surface area contributed by atoms with E-state index >= 15 is 0 Å². The Hall–Kier alpha value is -0.710. The summed E-state index contributed by atoms with van der Waals surface area (Å²) in [4.78, 5) is 0. The number of rotatable bonds is 2. The first-order valence-corrected chi connectivity index (χ1v) is 7.66. The standard InChI is InChI=1S/C16H27NO/c1-11-4-5-14(8-12(11)2)15-6-7-16(18-10-17)13(3)9-15/h11-16H,4-9H2,1-3H3. The van der Waals surface area contributed by atoms with E-state index in [-0.39, 0.29) is 6.10 Å². The zero-order valence-corrected chi connectivity index (χ0v) is 12.1. The molecular formula is C16H27NO. The van der Waals surface area contributed by atoms with Crippen LogP contribution in [0.4, 0.5) is 0 Å². The number of ether oxygens (including phenoxy) is 1. The van der Waals surface area contributed by atoms with Gasteiger partial charge in [-0.2, -0.15) is 5.26 Å². The van der Waals surface area contributed by atoms with Crippen molar-refractivity contribution >= 4 is 0 Å². The van der Waals surface area contributed by atoms with E-state index < -0.39 is 0 Å². The lowest BCUT2D eigenvalue weighted by molar-refractivity contribution is 0.0244. The third kappa shape index (κ3) is 2.99. The lowest BCUT2D eigenvalue weighted by atomic mass is 9.66. The summed E-state index contributed by atoms with van der Waals surface area (Å²) < 4.78 is 5.17. The van der Waals surface area contributed by atoms with Crippen molar-refractivity contribution in [3.63, 3.8) is 0 Å². The fourth-order valence-corrected chi connectivity index (χ4v) is 4.10. The predicted molar refractivity (Wildman–Crippen MR) is 72.7 cm³/mol. The van der Waals surface area contributed by atoms with Crippen molar-refractivity contribution < 1.29 is 4.74 Å². The van der Waals surface area contributed by atoms with Crippen LogP contribution in [0.5, 0.6) is 0 Å². The summed E-state index contributed by atoms with van der Waals surface area (Å²) in [6.45, 7) is 7.08. The number of nitrogens with zero attached hydrogens (tertiary/aromatic N) is 1. The molecule has 2 aliphatic carbocycles. The first-order chi connectivity index (χ1) is 8.61. The molecule has 18 heavy (non-hydrogen) atoms. The molecule has 6 atom stereocenters. The summed E-state index contributed by atoms with van der Waals surface area (Å²) in [5.74, 6) is 4.18. The molecule has 2 nitrogen and oxygen atoms in total. The van der Waals surface area contributed by atoms with Crippen molar-refractivity contribution in [2.24, 2.45) is 29.6 Å². The molecule has 0 radical (unpaired) electrons. The van der Waals surface area contributed by atoms with Crippen LogP contribution >= 0.6 is 0 Å². The highest BCUT2D eigenvalue weighted by atomic mass is 16.5. The van der Waals surface area contributed by atoms with Crippen LogP contribution in [0.25, 0.3) is 0 Å². The van der Waals surface area contributed by atoms with Gasteiger partial charge in [-0.05, 0) is 61.7 Å². The van der Waals surface area contributed by atoms with Gasteiger partial charge in [0.15, 0.2) is 0 Å². The van der Waals surface area contributed by atoms with Gasteiger partial charge in [-0.1, -0.05) is 27.2 Å². The summed E-state index contributed by atoms with van der Waals surface area (Å²) in [6.07, 6.45) is 9.93. The molecule has 0 amide bonds. The van der Waals surface area contributed by atoms with E-state index in [0.29, 0.717) is 5.92 Å². The largest absolute Gasteiger partial charge is 0.424 e. The highest BCUT2D eigenvalue weighted by molar-refractivity contribution is 4.86. The Morgan fingerprint density at radius 1 is 0.833 bits per heavy atom. The van der Waals surface area contributed by atoms with Gasteiger partial charge in [0.25, 0.3) is 6.26 Å². The van der Waals surface area contributed by atoms with E-state index in [1.165, 1.54) is 32.1 Å². The highest BCUT2D eigenvalue weighted by Crippen LogP contribution is 2.43. The predicted octanol–water partition coefficient (Wildman–Crippen LogP) is 4.36. The zero-order valence-electron chi connectivity index (χ0n) is 12.1. The van der Waals surface area contributed by atoms with Crippen LogP contribution in [0.15, 0.2) is 0 Å². The van der Waals surface area contributed by atoms with Crippen molar-refractivity contribution in [1.29, 1.82) is 5.26 Å². The fraction of sp³-hybridized carbons (Fsp3) is 0.938. The van der Waals surface area contributed by atoms with Crippen LogP contribution in [0.2, 0.25) is 0 Å². The number of hydrogen-bond donors (Lipinski definition) is 0. The van der Waals surface area contributed by atoms with Gasteiger partial charge < -0.3 is 4.74 Å². The van der Waals surface area contributed by atoms with Gasteiger partial charge in [-0.25, -0.2) is 0 Å². The molecule has 0 spiro atoms. The maximum absolute atomic E-state index is 8.64. The summed E-state index contributed by atoms with van der Waals surface area (Å²) in [5.41, 5.74) is 0. The normalized spacial score (nSPS) is 45.2. The third-order valence-corrected chi connectivity index (χ3v) is 5.64. The van der Waals surface area contributed by atoms with E-state index in [0.717, 1.165) is 30.1 Å². The molecule has 102 valence electrons. The molecule has 2 heteroatoms. The van der Waals surface area contributed by atoms with E-state index in [1.807, 2.05) is 6.26 Å². The summed E-state index contributed by atoms with van der Waals surface area (Å²) in [6, 6.07) is 0. The van der Waals surface area contributed by atoms with Crippen molar-refractivity contribution in [1.82, 2.24) is 0 Å². The minimum atomic E-state index is 0.186. The van der Waals surface area contributed by atoms with Crippen molar-refractivity contribution in [2.45, 2.75) is 65.4 Å². The van der Waals surface area contributed by atoms with Gasteiger partial charge in [0.2, 0.25) is 0 Å². The lowest BCUT2D eigenvalue weighted by Crippen LogP contribution is -2.34. The van der Waals surface area contributed by atoms with E-state index in [2.05, 4.69) is 20.8 Å². The van der Waals surface area contributed by atoms with Crippen LogP contribution in [-0.4, -0.2) is 6.10 Å². The quantitative estimate of drug-likeness (QED) is 0.681. The average Bonchev–Trinajstić information content (AvgIpc) is 2.35. The monoisotopic (exact) mass is 249 g/mol. The van der Waals surface area contributed by atoms with Crippen LogP contribution in [0.3, 0.4) is 0 Å². The Labute approximate surface area is 112 Å². The van der Waals surface area contributed by atoms with E-state index in [1.54, 1.807) is 0 Å². The molecule has 0 N–H and O–H groups in total. The summed E-state index contributed by atoms with van der Waals surface area (Å²) >= 11 is 0. The van der Waals surface area contributed by atoms with Crippen molar-refractivity contribution in [2.75, 3.05) is 0 Å². The second-order valence-corrected chi connectivity index (χ2v) is 6.83. The van der Waals surface area contributed by atoms with Gasteiger partial charge in [-0.3, -0.25) is 0 Å². The Balaban J connectivity index is 1.87. The first kappa shape index (κ1) is 13.7. The van der Waals surface area contributed by atoms with Crippen LogP contribution in [0, 0.1) is 41.1 Å². The van der Waals surface area contributed by atoms with Gasteiger partial charge in [-0.15, -0.1) is 0 Å². The minimum absolute atomic E-state index is 0.186. The average molecular weight is 249 g/mol. The van der Waals surface area contributed by atoms with E-state index in [9.17, 15) is 0 Å². The minimum Gasteiger partial charge on any atom is -0.424 e. The smallest absolute Gasteiger partial charge is 0.286 e. The topological polar surface area (TPSA) is 33.0 Å². The Bertz CT molecular complexity index is 309. The molecule has 0 aromatic heterocycles. The SMILES string of the molecule is CC1CCC(C2CCC(OC#N)C(C)C2)CC1C. The van der Waals surface area contributed by atoms with Crippen LogP contribution < -0.4 is 0 Å². The fourth-order valence-electron chi connectivity index (χ4n) is 4.10. The zero-order chi connectivity index (χ0) is 13.1. The Morgan fingerprint density at radius 2 is 1.44 bits per heavy atom. The van der Waals surface area contributed by atoms with Crippen LogP contribution in [0.1, 0.15) is 59.3 Å². The molecule has 0 aromatic carbocycles. The van der Waals surface area contributed by atoms with Gasteiger partial charge in [0.05, 0.1) is 0 Å². The molecule has 0 saturated heterocycles. The number of nitriles is 1. The molecule has 0 bridgehead atoms. The highest BCUT2D eigenvalue weighted by Gasteiger charge is 2.36. The molecule has 2 saturated carbocycles. The molecule has 2 fully saturated rings. The summed E-state index contributed by atoms with van der Waals surface area (Å²) in [5, 5.41) is 8.64. The molecule has 6 unspecified atom stereocenters. The molecule has 0 aromatic rings. The molecule has 2 rings (SSSR count). The lowest BCUT2D eigenvalue weighted by Gasteiger charge is -2.41. The Morgan fingerprint density at radius 3 is 2.00 bits per heavy atom. The Kier molecular flexibility index (Phi) is 4.54.